The average Bonchev–Trinajstić information content (AvgIpc) is 3.55. The van der Waals surface area contributed by atoms with Crippen molar-refractivity contribution in [1.29, 1.82) is 0 Å². The first kappa shape index (κ1) is 34.3. The summed E-state index contributed by atoms with van der Waals surface area (Å²) in [7, 11) is -0.373. The summed E-state index contributed by atoms with van der Waals surface area (Å²) in [5.41, 5.74) is 5.91. The predicted octanol–water partition coefficient (Wildman–Crippen LogP) is 2.50. The maximum absolute atomic E-state index is 11.1. The van der Waals surface area contributed by atoms with E-state index < -0.39 is 17.6 Å². The van der Waals surface area contributed by atoms with Crippen LogP contribution in [0.3, 0.4) is 0 Å². The molecule has 1 fully saturated rings. The molecule has 1 rings (SSSR count). The van der Waals surface area contributed by atoms with Crippen LogP contribution >= 0.6 is 0 Å². The SMILES string of the molecule is C=C(C)C(=O)OCCC[Si](OC)(OC)OC.CCO[Si](CCCOCC1OC1N)(OCC)OCC. The molecule has 11 nitrogen and oxygen atoms in total. The van der Waals surface area contributed by atoms with Crippen molar-refractivity contribution in [3.63, 3.8) is 0 Å². The van der Waals surface area contributed by atoms with E-state index in [1.807, 2.05) is 20.8 Å². The number of ether oxygens (including phenoxy) is 3. The molecular weight excluding hydrogens is 494 g/mol. The summed E-state index contributed by atoms with van der Waals surface area (Å²) in [4.78, 5) is 11.1. The Bertz CT molecular complexity index is 555. The van der Waals surface area contributed by atoms with Gasteiger partial charge in [-0.05, 0) is 40.5 Å². The van der Waals surface area contributed by atoms with Gasteiger partial charge in [0.15, 0.2) is 0 Å². The van der Waals surface area contributed by atoms with Gasteiger partial charge in [-0.1, -0.05) is 6.58 Å². The Hall–Kier alpha value is -0.716. The van der Waals surface area contributed by atoms with Crippen molar-refractivity contribution in [2.24, 2.45) is 5.73 Å². The van der Waals surface area contributed by atoms with Crippen LogP contribution in [-0.4, -0.2) is 96.9 Å². The van der Waals surface area contributed by atoms with Gasteiger partial charge in [-0.2, -0.15) is 0 Å². The quantitative estimate of drug-likeness (QED) is 0.0802. The molecule has 0 spiro atoms. The average molecular weight is 542 g/mol. The Kier molecular flexibility index (Phi) is 19.0. The smallest absolute Gasteiger partial charge is 0.462 e. The molecule has 1 aliphatic heterocycles. The number of hydrogen-bond acceptors (Lipinski definition) is 11. The van der Waals surface area contributed by atoms with Crippen LogP contribution in [0.5, 0.6) is 0 Å². The first-order valence-corrected chi connectivity index (χ1v) is 15.9. The third-order valence-electron chi connectivity index (χ3n) is 4.91. The minimum absolute atomic E-state index is 0.0766. The Morgan fingerprint density at radius 2 is 1.34 bits per heavy atom. The van der Waals surface area contributed by atoms with Gasteiger partial charge in [0.1, 0.15) is 12.3 Å². The van der Waals surface area contributed by atoms with Crippen LogP contribution < -0.4 is 5.73 Å². The summed E-state index contributed by atoms with van der Waals surface area (Å²) >= 11 is 0. The zero-order valence-corrected chi connectivity index (χ0v) is 24.6. The maximum Gasteiger partial charge on any atom is 0.501 e. The summed E-state index contributed by atoms with van der Waals surface area (Å²) in [6.07, 6.45) is 1.44. The number of epoxide rings is 1. The van der Waals surface area contributed by atoms with Crippen molar-refractivity contribution in [2.75, 3.05) is 61.0 Å². The predicted molar refractivity (Wildman–Crippen MR) is 136 cm³/mol. The van der Waals surface area contributed by atoms with Crippen LogP contribution in [-0.2, 0) is 45.6 Å². The Morgan fingerprint density at radius 3 is 1.74 bits per heavy atom. The van der Waals surface area contributed by atoms with Crippen molar-refractivity contribution in [1.82, 2.24) is 0 Å². The van der Waals surface area contributed by atoms with Gasteiger partial charge in [0.05, 0.1) is 13.2 Å². The van der Waals surface area contributed by atoms with Crippen LogP contribution in [0.15, 0.2) is 12.2 Å². The minimum atomic E-state index is -2.53. The van der Waals surface area contributed by atoms with E-state index in [-0.39, 0.29) is 18.3 Å². The Balaban J connectivity index is 0.000000672. The standard InChI is InChI=1S/C12H27NO5Si.C10H20O5Si/c1-4-15-19(16-5-2,17-6-3)9-7-8-14-10-11-12(13)18-11;1-9(2)10(11)15-7-6-8-16(12-3,13-4)14-5/h11-12H,4-10,13H2,1-3H3;1,6-8H2,2-5H3. The van der Waals surface area contributed by atoms with Gasteiger partial charge in [0.2, 0.25) is 0 Å². The molecule has 13 heteroatoms. The molecule has 2 N–H and O–H groups in total. The molecule has 0 saturated carbocycles. The number of carbonyl (C=O) groups excluding carboxylic acids is 1. The molecular formula is C22H47NO10Si2. The lowest BCUT2D eigenvalue weighted by Gasteiger charge is -2.28. The summed E-state index contributed by atoms with van der Waals surface area (Å²) in [5, 5.41) is 0. The van der Waals surface area contributed by atoms with E-state index in [0.717, 1.165) is 12.5 Å². The molecule has 1 aliphatic rings. The normalized spacial score (nSPS) is 17.5. The van der Waals surface area contributed by atoms with Gasteiger partial charge in [-0.15, -0.1) is 0 Å². The fourth-order valence-electron chi connectivity index (χ4n) is 3.01. The van der Waals surface area contributed by atoms with Crippen molar-refractivity contribution >= 4 is 23.6 Å². The Morgan fingerprint density at radius 1 is 0.886 bits per heavy atom. The molecule has 35 heavy (non-hydrogen) atoms. The van der Waals surface area contributed by atoms with E-state index in [0.29, 0.717) is 57.7 Å². The molecule has 208 valence electrons. The molecule has 1 saturated heterocycles. The van der Waals surface area contributed by atoms with Gasteiger partial charge in [0, 0.05) is 65.4 Å². The maximum atomic E-state index is 11.1. The molecule has 0 aromatic carbocycles. The van der Waals surface area contributed by atoms with Crippen LogP contribution in [0.4, 0.5) is 0 Å². The molecule has 2 unspecified atom stereocenters. The van der Waals surface area contributed by atoms with Crippen LogP contribution in [0.1, 0.15) is 40.5 Å². The monoisotopic (exact) mass is 541 g/mol. The highest BCUT2D eigenvalue weighted by Crippen LogP contribution is 2.20. The molecule has 1 heterocycles. The highest BCUT2D eigenvalue weighted by Gasteiger charge is 2.40. The van der Waals surface area contributed by atoms with E-state index >= 15 is 0 Å². The van der Waals surface area contributed by atoms with E-state index in [9.17, 15) is 4.79 Å². The third kappa shape index (κ3) is 14.6. The lowest BCUT2D eigenvalue weighted by molar-refractivity contribution is -0.139. The zero-order chi connectivity index (χ0) is 26.7. The first-order chi connectivity index (χ1) is 16.7. The fraction of sp³-hybridized carbons (Fsp3) is 0.864. The topological polar surface area (TPSA) is 129 Å². The highest BCUT2D eigenvalue weighted by molar-refractivity contribution is 6.61. The second kappa shape index (κ2) is 19.4. The Labute approximate surface area is 213 Å². The van der Waals surface area contributed by atoms with Crippen molar-refractivity contribution < 1.29 is 45.6 Å². The fourth-order valence-corrected chi connectivity index (χ4v) is 7.28. The summed E-state index contributed by atoms with van der Waals surface area (Å²) in [6.45, 7) is 14.3. The van der Waals surface area contributed by atoms with Gasteiger partial charge >= 0.3 is 23.6 Å². The second-order valence-electron chi connectivity index (χ2n) is 7.61. The largest absolute Gasteiger partial charge is 0.501 e. The number of nitrogens with two attached hydrogens (primary N) is 1. The van der Waals surface area contributed by atoms with E-state index in [4.69, 9.17) is 46.5 Å². The number of carbonyl (C=O) groups is 1. The molecule has 0 amide bonds. The zero-order valence-electron chi connectivity index (χ0n) is 22.6. The van der Waals surface area contributed by atoms with Gasteiger partial charge in [-0.3, -0.25) is 0 Å². The summed E-state index contributed by atoms with van der Waals surface area (Å²) in [5.74, 6) is -0.375. The van der Waals surface area contributed by atoms with Gasteiger partial charge in [0.25, 0.3) is 0 Å². The van der Waals surface area contributed by atoms with Crippen LogP contribution in [0, 0.1) is 0 Å². The third-order valence-corrected chi connectivity index (χ3v) is 10.9. The van der Waals surface area contributed by atoms with Crippen LogP contribution in [0.25, 0.3) is 0 Å². The molecule has 0 bridgehead atoms. The van der Waals surface area contributed by atoms with Gasteiger partial charge < -0.3 is 46.5 Å². The number of hydrogen-bond donors (Lipinski definition) is 1. The lowest BCUT2D eigenvalue weighted by Crippen LogP contribution is -2.46. The van der Waals surface area contributed by atoms with Crippen LogP contribution in [0.2, 0.25) is 12.1 Å². The van der Waals surface area contributed by atoms with Crippen molar-refractivity contribution in [3.8, 4) is 0 Å². The molecule has 0 radical (unpaired) electrons. The van der Waals surface area contributed by atoms with Crippen molar-refractivity contribution in [2.45, 2.75) is 65.0 Å². The summed E-state index contributed by atoms with van der Waals surface area (Å²) < 4.78 is 48.5. The van der Waals surface area contributed by atoms with Crippen molar-refractivity contribution in [3.05, 3.63) is 12.2 Å². The minimum Gasteiger partial charge on any atom is -0.462 e. The van der Waals surface area contributed by atoms with Gasteiger partial charge in [-0.25, -0.2) is 4.79 Å². The molecule has 0 aromatic heterocycles. The van der Waals surface area contributed by atoms with E-state index in [1.165, 1.54) is 0 Å². The van der Waals surface area contributed by atoms with E-state index in [1.54, 1.807) is 28.3 Å². The first-order valence-electron chi connectivity index (χ1n) is 12.1. The van der Waals surface area contributed by atoms with E-state index in [2.05, 4.69) is 6.58 Å². The summed E-state index contributed by atoms with van der Waals surface area (Å²) in [6, 6.07) is 1.39. The molecule has 0 aliphatic carbocycles. The highest BCUT2D eigenvalue weighted by atomic mass is 28.4. The number of rotatable bonds is 20. The second-order valence-corrected chi connectivity index (χ2v) is 13.4. The molecule has 0 aromatic rings. The number of esters is 1. The molecule has 2 atom stereocenters. The lowest BCUT2D eigenvalue weighted by atomic mass is 10.4.